The Morgan fingerprint density at radius 3 is 2.68 bits per heavy atom. The Balaban J connectivity index is 2.32. The number of carbonyl (C=O) groups is 1. The van der Waals surface area contributed by atoms with Crippen molar-refractivity contribution < 1.29 is 23.4 Å². The second-order valence-corrected chi connectivity index (χ2v) is 4.73. The molecule has 0 aliphatic rings. The number of aromatic nitrogens is 1. The Hall–Kier alpha value is -2.50. The smallest absolute Gasteiger partial charge is 0.303 e. The van der Waals surface area contributed by atoms with E-state index in [0.717, 1.165) is 11.8 Å². The molecule has 116 valence electrons. The zero-order valence-electron chi connectivity index (χ0n) is 11.9. The van der Waals surface area contributed by atoms with Crippen molar-refractivity contribution in [1.29, 1.82) is 0 Å². The Bertz CT molecular complexity index is 674. The summed E-state index contributed by atoms with van der Waals surface area (Å²) in [4.78, 5) is 14.5. The number of hydrogen-bond donors (Lipinski definition) is 1. The molecule has 1 aromatic heterocycles. The van der Waals surface area contributed by atoms with Gasteiger partial charge < -0.3 is 9.84 Å². The Kier molecular flexibility index (Phi) is 5.04. The lowest BCUT2D eigenvalue weighted by Crippen LogP contribution is -1.99. The van der Waals surface area contributed by atoms with Gasteiger partial charge in [-0.1, -0.05) is 12.1 Å². The third kappa shape index (κ3) is 3.78. The maximum atomic E-state index is 12.7. The van der Waals surface area contributed by atoms with E-state index >= 15 is 0 Å². The highest BCUT2D eigenvalue weighted by Gasteiger charge is 2.11. The predicted octanol–water partition coefficient (Wildman–Crippen LogP) is 3.71. The zero-order chi connectivity index (χ0) is 16.1. The van der Waals surface area contributed by atoms with Gasteiger partial charge in [0.1, 0.15) is 5.75 Å². The van der Waals surface area contributed by atoms with Crippen LogP contribution in [-0.4, -0.2) is 23.2 Å². The number of methoxy groups -OCH3 is 1. The van der Waals surface area contributed by atoms with E-state index in [9.17, 15) is 13.6 Å². The number of pyridine rings is 1. The minimum Gasteiger partial charge on any atom is -0.496 e. The van der Waals surface area contributed by atoms with Crippen LogP contribution in [0, 0.1) is 0 Å². The molecule has 0 fully saturated rings. The highest BCUT2D eigenvalue weighted by molar-refractivity contribution is 5.68. The molecule has 0 aliphatic carbocycles. The van der Waals surface area contributed by atoms with Crippen LogP contribution in [0.4, 0.5) is 8.78 Å². The number of alkyl halides is 2. The molecule has 0 saturated heterocycles. The van der Waals surface area contributed by atoms with E-state index in [1.807, 2.05) is 0 Å². The van der Waals surface area contributed by atoms with E-state index in [2.05, 4.69) is 4.98 Å². The summed E-state index contributed by atoms with van der Waals surface area (Å²) in [6.45, 7) is 0. The third-order valence-corrected chi connectivity index (χ3v) is 3.24. The van der Waals surface area contributed by atoms with Gasteiger partial charge in [-0.2, -0.15) is 0 Å². The number of aryl methyl sites for hydroxylation is 1. The second kappa shape index (κ2) is 6.98. The van der Waals surface area contributed by atoms with Gasteiger partial charge in [-0.3, -0.25) is 9.78 Å². The molecule has 1 aromatic carbocycles. The van der Waals surface area contributed by atoms with Gasteiger partial charge in [0.15, 0.2) is 0 Å². The Labute approximate surface area is 126 Å². The van der Waals surface area contributed by atoms with Crippen molar-refractivity contribution in [3.63, 3.8) is 0 Å². The highest BCUT2D eigenvalue weighted by Crippen LogP contribution is 2.29. The predicted molar refractivity (Wildman–Crippen MR) is 77.1 cm³/mol. The summed E-state index contributed by atoms with van der Waals surface area (Å²) >= 11 is 0. The van der Waals surface area contributed by atoms with E-state index < -0.39 is 12.4 Å². The zero-order valence-corrected chi connectivity index (χ0v) is 11.9. The van der Waals surface area contributed by atoms with Crippen molar-refractivity contribution in [2.45, 2.75) is 19.3 Å². The molecule has 0 aliphatic heterocycles. The number of rotatable bonds is 6. The molecule has 0 bridgehead atoms. The number of hydrogen-bond acceptors (Lipinski definition) is 3. The molecule has 1 heterocycles. The molecule has 6 heteroatoms. The van der Waals surface area contributed by atoms with Crippen molar-refractivity contribution in [1.82, 2.24) is 4.98 Å². The highest BCUT2D eigenvalue weighted by atomic mass is 19.3. The quantitative estimate of drug-likeness (QED) is 0.883. The van der Waals surface area contributed by atoms with Gasteiger partial charge in [-0.25, -0.2) is 8.78 Å². The summed E-state index contributed by atoms with van der Waals surface area (Å²) in [6.07, 6.45) is 0.389. The van der Waals surface area contributed by atoms with Gasteiger partial charge in [0.05, 0.1) is 7.11 Å². The van der Waals surface area contributed by atoms with E-state index in [1.54, 1.807) is 18.2 Å². The molecule has 0 radical (unpaired) electrons. The molecular formula is C16H15F2NO3. The van der Waals surface area contributed by atoms with Gasteiger partial charge >= 0.3 is 5.97 Å². The first-order valence-corrected chi connectivity index (χ1v) is 6.63. The number of carboxylic acids is 1. The molecule has 0 amide bonds. The molecule has 0 saturated carbocycles. The maximum absolute atomic E-state index is 12.7. The molecule has 2 aromatic rings. The van der Waals surface area contributed by atoms with Crippen LogP contribution in [0.3, 0.4) is 0 Å². The lowest BCUT2D eigenvalue weighted by atomic mass is 10.0. The van der Waals surface area contributed by atoms with E-state index in [0.29, 0.717) is 23.3 Å². The van der Waals surface area contributed by atoms with E-state index in [-0.39, 0.29) is 12.0 Å². The first-order chi connectivity index (χ1) is 10.5. The summed E-state index contributed by atoms with van der Waals surface area (Å²) in [5.74, 6) is -0.360. The molecule has 0 spiro atoms. The molecule has 4 nitrogen and oxygen atoms in total. The molecular weight excluding hydrogens is 292 g/mol. The van der Waals surface area contributed by atoms with Gasteiger partial charge in [0.25, 0.3) is 6.43 Å². The lowest BCUT2D eigenvalue weighted by Gasteiger charge is -2.11. The number of carboxylic acid groups (broad SMARTS) is 1. The topological polar surface area (TPSA) is 59.4 Å². The fraction of sp³-hybridized carbons (Fsp3) is 0.250. The average molecular weight is 307 g/mol. The van der Waals surface area contributed by atoms with Crippen LogP contribution in [-0.2, 0) is 11.2 Å². The summed E-state index contributed by atoms with van der Waals surface area (Å²) in [7, 11) is 1.48. The van der Waals surface area contributed by atoms with Crippen molar-refractivity contribution >= 4 is 5.97 Å². The van der Waals surface area contributed by atoms with Gasteiger partial charge in [-0.15, -0.1) is 0 Å². The second-order valence-electron chi connectivity index (χ2n) is 4.73. The standard InChI is InChI=1S/C16H15F2NO3/c1-22-14-7-11(3-2-10(14)4-5-15(20)21)12-6-13(16(17)18)9-19-8-12/h2-3,6-9,16H,4-5H2,1H3,(H,20,21). The Morgan fingerprint density at radius 2 is 2.05 bits per heavy atom. The third-order valence-electron chi connectivity index (χ3n) is 3.24. The van der Waals surface area contributed by atoms with Crippen molar-refractivity contribution in [3.05, 3.63) is 47.8 Å². The minimum absolute atomic E-state index is 0.00186. The van der Waals surface area contributed by atoms with Crippen LogP contribution < -0.4 is 4.74 Å². The normalized spacial score (nSPS) is 10.7. The number of benzene rings is 1. The molecule has 0 unspecified atom stereocenters. The first kappa shape index (κ1) is 15.9. The van der Waals surface area contributed by atoms with E-state index in [4.69, 9.17) is 9.84 Å². The lowest BCUT2D eigenvalue weighted by molar-refractivity contribution is -0.136. The van der Waals surface area contributed by atoms with Crippen LogP contribution >= 0.6 is 0 Å². The number of aliphatic carboxylic acids is 1. The summed E-state index contributed by atoms with van der Waals surface area (Å²) in [5, 5.41) is 8.73. The monoisotopic (exact) mass is 307 g/mol. The number of nitrogens with zero attached hydrogens (tertiary/aromatic N) is 1. The van der Waals surface area contributed by atoms with Crippen molar-refractivity contribution in [3.8, 4) is 16.9 Å². The first-order valence-electron chi connectivity index (χ1n) is 6.63. The fourth-order valence-electron chi connectivity index (χ4n) is 2.11. The van der Waals surface area contributed by atoms with Gasteiger partial charge in [0, 0.05) is 29.9 Å². The minimum atomic E-state index is -2.58. The molecule has 2 rings (SSSR count). The number of halogens is 2. The summed E-state index contributed by atoms with van der Waals surface area (Å²) in [5.41, 5.74) is 1.85. The molecule has 1 N–H and O–H groups in total. The van der Waals surface area contributed by atoms with Crippen LogP contribution in [0.1, 0.15) is 24.0 Å². The summed E-state index contributed by atoms with van der Waals surface area (Å²) < 4.78 is 30.7. The fourth-order valence-corrected chi connectivity index (χ4v) is 2.11. The SMILES string of the molecule is COc1cc(-c2cncc(C(F)F)c2)ccc1CCC(=O)O. The molecule has 22 heavy (non-hydrogen) atoms. The van der Waals surface area contributed by atoms with E-state index in [1.165, 1.54) is 19.4 Å². The van der Waals surface area contributed by atoms with Crippen LogP contribution in [0.25, 0.3) is 11.1 Å². The van der Waals surface area contributed by atoms with Gasteiger partial charge in [-0.05, 0) is 29.7 Å². The van der Waals surface area contributed by atoms with Crippen LogP contribution in [0.15, 0.2) is 36.7 Å². The summed E-state index contributed by atoms with van der Waals surface area (Å²) in [6, 6.07) is 6.56. The van der Waals surface area contributed by atoms with Crippen molar-refractivity contribution in [2.24, 2.45) is 0 Å². The van der Waals surface area contributed by atoms with Crippen molar-refractivity contribution in [2.75, 3.05) is 7.11 Å². The van der Waals surface area contributed by atoms with Crippen LogP contribution in [0.2, 0.25) is 0 Å². The molecule has 0 atom stereocenters. The largest absolute Gasteiger partial charge is 0.496 e. The van der Waals surface area contributed by atoms with Crippen LogP contribution in [0.5, 0.6) is 5.75 Å². The van der Waals surface area contributed by atoms with Gasteiger partial charge in [0.2, 0.25) is 0 Å². The average Bonchev–Trinajstić information content (AvgIpc) is 2.52. The maximum Gasteiger partial charge on any atom is 0.303 e. The Morgan fingerprint density at radius 1 is 1.27 bits per heavy atom. The number of ether oxygens (including phenoxy) is 1.